The molecule has 0 bridgehead atoms. The van der Waals surface area contributed by atoms with E-state index in [0.29, 0.717) is 0 Å². The van der Waals surface area contributed by atoms with Gasteiger partial charge in [-0.25, -0.2) is 0 Å². The minimum Gasteiger partial charge on any atom is -0.460 e. The minimum atomic E-state index is 0.174. The van der Waals surface area contributed by atoms with Crippen molar-refractivity contribution in [2.75, 3.05) is 0 Å². The molecule has 0 saturated carbocycles. The fourth-order valence-corrected chi connectivity index (χ4v) is 2.04. The molecule has 2 N–H and O–H groups in total. The van der Waals surface area contributed by atoms with Crippen LogP contribution >= 0.6 is 0 Å². The Morgan fingerprint density at radius 1 is 1.32 bits per heavy atom. The number of rotatable bonds is 6. The molecule has 2 rings (SSSR count). The number of nitrogens with zero attached hydrogens (tertiary/aromatic N) is 1. The van der Waals surface area contributed by atoms with Gasteiger partial charge in [0.25, 0.3) is 0 Å². The monoisotopic (exact) mass is 261 g/mol. The van der Waals surface area contributed by atoms with E-state index in [1.54, 1.807) is 0 Å². The summed E-state index contributed by atoms with van der Waals surface area (Å²) in [6.07, 6.45) is 4.08. The van der Waals surface area contributed by atoms with Crippen molar-refractivity contribution in [1.29, 1.82) is 0 Å². The fourth-order valence-electron chi connectivity index (χ4n) is 2.04. The lowest BCUT2D eigenvalue weighted by atomic mass is 9.95. The summed E-state index contributed by atoms with van der Waals surface area (Å²) < 4.78 is 5.65. The molecule has 0 saturated heterocycles. The molecule has 0 aliphatic rings. The van der Waals surface area contributed by atoms with Crippen LogP contribution in [0.3, 0.4) is 0 Å². The minimum absolute atomic E-state index is 0.174. The quantitative estimate of drug-likeness (QED) is 0.834. The van der Waals surface area contributed by atoms with Crippen LogP contribution in [0.15, 0.2) is 22.7 Å². The van der Waals surface area contributed by atoms with Gasteiger partial charge in [-0.05, 0) is 38.8 Å². The molecule has 0 amide bonds. The van der Waals surface area contributed by atoms with Crippen LogP contribution in [0.4, 0.5) is 0 Å². The van der Waals surface area contributed by atoms with Gasteiger partial charge in [0, 0.05) is 17.6 Å². The van der Waals surface area contributed by atoms with Gasteiger partial charge >= 0.3 is 0 Å². The van der Waals surface area contributed by atoms with Gasteiger partial charge in [0.15, 0.2) is 5.76 Å². The first-order valence-corrected chi connectivity index (χ1v) is 6.92. The third kappa shape index (κ3) is 3.07. The van der Waals surface area contributed by atoms with Crippen molar-refractivity contribution < 1.29 is 4.42 Å². The first-order chi connectivity index (χ1) is 9.08. The Morgan fingerprint density at radius 3 is 2.63 bits per heavy atom. The molecule has 0 unspecified atom stereocenters. The van der Waals surface area contributed by atoms with E-state index in [-0.39, 0.29) is 5.54 Å². The summed E-state index contributed by atoms with van der Waals surface area (Å²) in [5.41, 5.74) is 2.28. The van der Waals surface area contributed by atoms with Gasteiger partial charge in [-0.15, -0.1) is 0 Å². The third-order valence-corrected chi connectivity index (χ3v) is 3.97. The summed E-state index contributed by atoms with van der Waals surface area (Å²) in [7, 11) is 0. The Labute approximate surface area is 114 Å². The fraction of sp³-hybridized carbons (Fsp3) is 0.533. The van der Waals surface area contributed by atoms with Gasteiger partial charge in [-0.3, -0.25) is 5.10 Å². The normalized spacial score (nSPS) is 12.0. The molecule has 2 heterocycles. The van der Waals surface area contributed by atoms with Gasteiger partial charge in [-0.1, -0.05) is 13.8 Å². The maximum absolute atomic E-state index is 5.65. The van der Waals surface area contributed by atoms with Gasteiger partial charge in [0.05, 0.1) is 6.20 Å². The summed E-state index contributed by atoms with van der Waals surface area (Å²) in [6.45, 7) is 9.42. The molecule has 104 valence electrons. The van der Waals surface area contributed by atoms with Crippen LogP contribution in [0.5, 0.6) is 0 Å². The SMILES string of the molecule is CCC(C)(CC)NCc1cn[nH]c1-c1ccc(C)o1. The standard InChI is InChI=1S/C15H23N3O/c1-5-15(4,6-2)16-9-12-10-17-18-14(12)13-8-7-11(3)19-13/h7-8,10,16H,5-6,9H2,1-4H3,(H,17,18). The Bertz CT molecular complexity index is 523. The van der Waals surface area contributed by atoms with E-state index < -0.39 is 0 Å². The zero-order valence-electron chi connectivity index (χ0n) is 12.2. The molecular formula is C15H23N3O. The zero-order chi connectivity index (χ0) is 13.9. The Hall–Kier alpha value is -1.55. The molecule has 0 atom stereocenters. The number of hydrogen-bond acceptors (Lipinski definition) is 3. The van der Waals surface area contributed by atoms with Crippen molar-refractivity contribution in [3.05, 3.63) is 29.7 Å². The van der Waals surface area contributed by atoms with Crippen LogP contribution in [0.2, 0.25) is 0 Å². The topological polar surface area (TPSA) is 53.9 Å². The maximum Gasteiger partial charge on any atom is 0.152 e. The van der Waals surface area contributed by atoms with Crippen LogP contribution in [0.25, 0.3) is 11.5 Å². The summed E-state index contributed by atoms with van der Waals surface area (Å²) in [4.78, 5) is 0. The van der Waals surface area contributed by atoms with Gasteiger partial charge in [0.1, 0.15) is 11.5 Å². The zero-order valence-corrected chi connectivity index (χ0v) is 12.2. The van der Waals surface area contributed by atoms with Crippen LogP contribution in [-0.4, -0.2) is 15.7 Å². The molecule has 0 spiro atoms. The largest absolute Gasteiger partial charge is 0.460 e. The molecular weight excluding hydrogens is 238 g/mol. The number of aromatic amines is 1. The molecule has 0 fully saturated rings. The molecule has 2 aromatic heterocycles. The van der Waals surface area contributed by atoms with Crippen LogP contribution < -0.4 is 5.32 Å². The number of hydrogen-bond donors (Lipinski definition) is 2. The first kappa shape index (κ1) is 13.9. The van der Waals surface area contributed by atoms with E-state index in [1.807, 2.05) is 25.3 Å². The average molecular weight is 261 g/mol. The highest BCUT2D eigenvalue weighted by Crippen LogP contribution is 2.24. The highest BCUT2D eigenvalue weighted by Gasteiger charge is 2.20. The second-order valence-electron chi connectivity index (χ2n) is 5.30. The lowest BCUT2D eigenvalue weighted by Gasteiger charge is -2.28. The van der Waals surface area contributed by atoms with Gasteiger partial charge in [0.2, 0.25) is 0 Å². The molecule has 0 aromatic carbocycles. The van der Waals surface area contributed by atoms with Crippen molar-refractivity contribution in [1.82, 2.24) is 15.5 Å². The van der Waals surface area contributed by atoms with E-state index >= 15 is 0 Å². The maximum atomic E-state index is 5.65. The van der Waals surface area contributed by atoms with Crippen molar-refractivity contribution >= 4 is 0 Å². The van der Waals surface area contributed by atoms with E-state index in [1.165, 1.54) is 0 Å². The number of H-pyrrole nitrogens is 1. The van der Waals surface area contributed by atoms with Crippen molar-refractivity contribution in [3.63, 3.8) is 0 Å². The van der Waals surface area contributed by atoms with Crippen LogP contribution in [-0.2, 0) is 6.54 Å². The molecule has 0 radical (unpaired) electrons. The predicted octanol–water partition coefficient (Wildman–Crippen LogP) is 3.65. The molecule has 4 nitrogen and oxygen atoms in total. The third-order valence-electron chi connectivity index (χ3n) is 3.97. The molecule has 2 aromatic rings. The lowest BCUT2D eigenvalue weighted by Crippen LogP contribution is -2.40. The Kier molecular flexibility index (Phi) is 4.10. The second kappa shape index (κ2) is 5.61. The smallest absolute Gasteiger partial charge is 0.152 e. The molecule has 0 aliphatic carbocycles. The Morgan fingerprint density at radius 2 is 2.05 bits per heavy atom. The highest BCUT2D eigenvalue weighted by molar-refractivity contribution is 5.56. The second-order valence-corrected chi connectivity index (χ2v) is 5.30. The summed E-state index contributed by atoms with van der Waals surface area (Å²) in [5.74, 6) is 1.76. The van der Waals surface area contributed by atoms with Gasteiger partial charge < -0.3 is 9.73 Å². The van der Waals surface area contributed by atoms with E-state index in [4.69, 9.17) is 4.42 Å². The van der Waals surface area contributed by atoms with E-state index in [0.717, 1.165) is 42.2 Å². The average Bonchev–Trinajstić information content (AvgIpc) is 3.04. The Balaban J connectivity index is 2.12. The van der Waals surface area contributed by atoms with Crippen LogP contribution in [0, 0.1) is 6.92 Å². The molecule has 0 aliphatic heterocycles. The lowest BCUT2D eigenvalue weighted by molar-refractivity contribution is 0.329. The predicted molar refractivity (Wildman–Crippen MR) is 76.9 cm³/mol. The van der Waals surface area contributed by atoms with Crippen LogP contribution in [0.1, 0.15) is 44.9 Å². The van der Waals surface area contributed by atoms with Crippen molar-refractivity contribution in [2.24, 2.45) is 0 Å². The van der Waals surface area contributed by atoms with Gasteiger partial charge in [-0.2, -0.15) is 5.10 Å². The number of aromatic nitrogens is 2. The number of nitrogens with one attached hydrogen (secondary N) is 2. The first-order valence-electron chi connectivity index (χ1n) is 6.92. The number of furan rings is 1. The van der Waals surface area contributed by atoms with Crippen molar-refractivity contribution in [2.45, 2.75) is 52.6 Å². The van der Waals surface area contributed by atoms with E-state index in [2.05, 4.69) is 36.3 Å². The van der Waals surface area contributed by atoms with Crippen molar-refractivity contribution in [3.8, 4) is 11.5 Å². The summed E-state index contributed by atoms with van der Waals surface area (Å²) >= 11 is 0. The summed E-state index contributed by atoms with van der Waals surface area (Å²) in [6, 6.07) is 3.95. The molecule has 4 heteroatoms. The number of aryl methyl sites for hydroxylation is 1. The van der Waals surface area contributed by atoms with E-state index in [9.17, 15) is 0 Å². The summed E-state index contributed by atoms with van der Waals surface area (Å²) in [5, 5.41) is 10.8. The highest BCUT2D eigenvalue weighted by atomic mass is 16.3. The molecule has 19 heavy (non-hydrogen) atoms.